The van der Waals surface area contributed by atoms with Gasteiger partial charge < -0.3 is 0 Å². The van der Waals surface area contributed by atoms with Crippen LogP contribution in [0.3, 0.4) is 0 Å². The minimum Gasteiger partial charge on any atom is -0.0599 e. The van der Waals surface area contributed by atoms with Gasteiger partial charge >= 0.3 is 0 Å². The summed E-state index contributed by atoms with van der Waals surface area (Å²) in [5.74, 6) is 2.21. The van der Waals surface area contributed by atoms with Gasteiger partial charge in [0.2, 0.25) is 0 Å². The molecule has 58 valence electrons. The van der Waals surface area contributed by atoms with E-state index in [4.69, 9.17) is 0 Å². The third-order valence-electron chi connectivity index (χ3n) is 3.33. The Bertz CT molecular complexity index is 121. The fourth-order valence-electron chi connectivity index (χ4n) is 3.20. The fraction of sp³-hybridized carbons (Fsp3) is 1.00. The van der Waals surface area contributed by atoms with E-state index in [0.717, 1.165) is 11.8 Å². The monoisotopic (exact) mass is 138 g/mol. The molecule has 10 heavy (non-hydrogen) atoms. The van der Waals surface area contributed by atoms with Crippen molar-refractivity contribution in [3.05, 3.63) is 0 Å². The van der Waals surface area contributed by atoms with E-state index in [-0.39, 0.29) is 0 Å². The summed E-state index contributed by atoms with van der Waals surface area (Å²) in [6.45, 7) is 4.88. The molecule has 2 fully saturated rings. The van der Waals surface area contributed by atoms with Gasteiger partial charge in [-0.1, -0.05) is 26.7 Å². The van der Waals surface area contributed by atoms with E-state index in [1.165, 1.54) is 25.7 Å². The highest BCUT2D eigenvalue weighted by Gasteiger charge is 2.37. The molecule has 2 rings (SSSR count). The van der Waals surface area contributed by atoms with Gasteiger partial charge in [0, 0.05) is 0 Å². The van der Waals surface area contributed by atoms with E-state index in [2.05, 4.69) is 13.8 Å². The predicted octanol–water partition coefficient (Wildman–Crippen LogP) is 3.22. The number of rotatable bonds is 0. The largest absolute Gasteiger partial charge is 0.0599 e. The summed E-state index contributed by atoms with van der Waals surface area (Å²) in [7, 11) is 0. The summed E-state index contributed by atoms with van der Waals surface area (Å²) >= 11 is 0. The molecule has 0 spiro atoms. The minimum absolute atomic E-state index is 0.685. The molecule has 0 heterocycles. The van der Waals surface area contributed by atoms with Crippen molar-refractivity contribution in [1.82, 2.24) is 0 Å². The zero-order valence-corrected chi connectivity index (χ0v) is 7.19. The third kappa shape index (κ3) is 1.09. The fourth-order valence-corrected chi connectivity index (χ4v) is 3.20. The first-order chi connectivity index (χ1) is 4.66. The summed E-state index contributed by atoms with van der Waals surface area (Å²) in [5, 5.41) is 0. The van der Waals surface area contributed by atoms with Crippen molar-refractivity contribution in [2.75, 3.05) is 0 Å². The topological polar surface area (TPSA) is 0 Å². The van der Waals surface area contributed by atoms with E-state index in [1.807, 2.05) is 0 Å². The van der Waals surface area contributed by atoms with Crippen LogP contribution in [0.4, 0.5) is 0 Å². The maximum absolute atomic E-state index is 2.44. The molecular weight excluding hydrogens is 120 g/mol. The van der Waals surface area contributed by atoms with Crippen molar-refractivity contribution in [2.24, 2.45) is 17.3 Å². The van der Waals surface area contributed by atoms with E-state index >= 15 is 0 Å². The van der Waals surface area contributed by atoms with Gasteiger partial charge in [-0.15, -0.1) is 0 Å². The molecule has 0 aromatic rings. The highest BCUT2D eigenvalue weighted by atomic mass is 14.4. The Kier molecular flexibility index (Phi) is 1.33. The molecule has 0 unspecified atom stereocenters. The van der Waals surface area contributed by atoms with Crippen LogP contribution in [0, 0.1) is 17.3 Å². The average molecular weight is 138 g/mol. The van der Waals surface area contributed by atoms with Crippen LogP contribution in [0.25, 0.3) is 0 Å². The smallest absolute Gasteiger partial charge is 0.0349 e. The SMILES string of the molecule is CC1(C)C[C@@H]2CC[C@H](C2)C1. The van der Waals surface area contributed by atoms with Crippen molar-refractivity contribution in [3.8, 4) is 0 Å². The molecule has 0 amide bonds. The van der Waals surface area contributed by atoms with E-state index < -0.39 is 0 Å². The van der Waals surface area contributed by atoms with Crippen molar-refractivity contribution < 1.29 is 0 Å². The Hall–Kier alpha value is 0. The number of hydrogen-bond acceptors (Lipinski definition) is 0. The molecule has 0 heteroatoms. The summed E-state index contributed by atoms with van der Waals surface area (Å²) in [6.07, 6.45) is 7.64. The van der Waals surface area contributed by atoms with Crippen LogP contribution in [0.1, 0.15) is 46.0 Å². The predicted molar refractivity (Wildman–Crippen MR) is 43.8 cm³/mol. The number of fused-ring (bicyclic) bond motifs is 2. The second-order valence-electron chi connectivity index (χ2n) is 5.12. The molecule has 0 aliphatic heterocycles. The van der Waals surface area contributed by atoms with E-state index in [1.54, 1.807) is 6.42 Å². The highest BCUT2D eigenvalue weighted by Crippen LogP contribution is 2.49. The van der Waals surface area contributed by atoms with Crippen molar-refractivity contribution in [1.29, 1.82) is 0 Å². The molecule has 0 saturated heterocycles. The minimum atomic E-state index is 0.685. The summed E-state index contributed by atoms with van der Waals surface area (Å²) < 4.78 is 0. The van der Waals surface area contributed by atoms with Crippen LogP contribution >= 0.6 is 0 Å². The van der Waals surface area contributed by atoms with Gasteiger partial charge in [-0.2, -0.15) is 0 Å². The Morgan fingerprint density at radius 2 is 1.50 bits per heavy atom. The van der Waals surface area contributed by atoms with Crippen molar-refractivity contribution in [3.63, 3.8) is 0 Å². The molecule has 0 aromatic carbocycles. The lowest BCUT2D eigenvalue weighted by molar-refractivity contribution is 0.173. The highest BCUT2D eigenvalue weighted by molar-refractivity contribution is 4.89. The second-order valence-corrected chi connectivity index (χ2v) is 5.12. The molecular formula is C10H18. The lowest BCUT2D eigenvalue weighted by atomic mass is 9.72. The van der Waals surface area contributed by atoms with Crippen molar-refractivity contribution in [2.45, 2.75) is 46.0 Å². The Labute approximate surface area is 64.0 Å². The van der Waals surface area contributed by atoms with Crippen LogP contribution in [0.5, 0.6) is 0 Å². The van der Waals surface area contributed by atoms with Crippen molar-refractivity contribution >= 4 is 0 Å². The van der Waals surface area contributed by atoms with Gasteiger partial charge in [-0.3, -0.25) is 0 Å². The number of hydrogen-bond donors (Lipinski definition) is 0. The zero-order valence-electron chi connectivity index (χ0n) is 7.19. The first-order valence-electron chi connectivity index (χ1n) is 4.66. The lowest BCUT2D eigenvalue weighted by Gasteiger charge is -2.34. The quantitative estimate of drug-likeness (QED) is 0.482. The molecule has 2 aliphatic rings. The summed E-state index contributed by atoms with van der Waals surface area (Å²) in [5.41, 5.74) is 0.685. The average Bonchev–Trinajstić information content (AvgIpc) is 2.08. The van der Waals surface area contributed by atoms with E-state index in [0.29, 0.717) is 5.41 Å². The molecule has 0 N–H and O–H groups in total. The maximum atomic E-state index is 2.44. The van der Waals surface area contributed by atoms with Crippen LogP contribution in [-0.2, 0) is 0 Å². The summed E-state index contributed by atoms with van der Waals surface area (Å²) in [6, 6.07) is 0. The van der Waals surface area contributed by atoms with E-state index in [9.17, 15) is 0 Å². The Balaban J connectivity index is 2.09. The van der Waals surface area contributed by atoms with Gasteiger partial charge in [-0.25, -0.2) is 0 Å². The van der Waals surface area contributed by atoms with Gasteiger partial charge in [-0.05, 0) is 36.5 Å². The van der Waals surface area contributed by atoms with Crippen LogP contribution in [0.2, 0.25) is 0 Å². The third-order valence-corrected chi connectivity index (χ3v) is 3.33. The van der Waals surface area contributed by atoms with Gasteiger partial charge in [0.15, 0.2) is 0 Å². The molecule has 2 aliphatic carbocycles. The van der Waals surface area contributed by atoms with Crippen LogP contribution < -0.4 is 0 Å². The van der Waals surface area contributed by atoms with Gasteiger partial charge in [0.05, 0.1) is 0 Å². The Morgan fingerprint density at radius 3 is 2.00 bits per heavy atom. The second kappa shape index (κ2) is 1.99. The van der Waals surface area contributed by atoms with Crippen LogP contribution in [0.15, 0.2) is 0 Å². The molecule has 2 atom stereocenters. The first-order valence-corrected chi connectivity index (χ1v) is 4.66. The normalized spacial score (nSPS) is 43.8. The Morgan fingerprint density at radius 1 is 1.00 bits per heavy atom. The first kappa shape index (κ1) is 6.69. The molecule has 2 bridgehead atoms. The molecule has 2 saturated carbocycles. The summed E-state index contributed by atoms with van der Waals surface area (Å²) in [4.78, 5) is 0. The standard InChI is InChI=1S/C10H18/c1-10(2)6-8-3-4-9(5-8)7-10/h8-9H,3-7H2,1-2H3/t8-,9-/m1/s1. The van der Waals surface area contributed by atoms with Gasteiger partial charge in [0.25, 0.3) is 0 Å². The maximum Gasteiger partial charge on any atom is -0.0349 e. The molecule has 0 aromatic heterocycles. The molecule has 0 radical (unpaired) electrons. The van der Waals surface area contributed by atoms with Crippen LogP contribution in [-0.4, -0.2) is 0 Å². The van der Waals surface area contributed by atoms with Gasteiger partial charge in [0.1, 0.15) is 0 Å². The molecule has 0 nitrogen and oxygen atoms in total. The lowest BCUT2D eigenvalue weighted by Crippen LogP contribution is -2.22. The zero-order chi connectivity index (χ0) is 7.19.